The molecule has 3 heteroatoms. The van der Waals surface area contributed by atoms with Gasteiger partial charge in [-0.15, -0.1) is 11.3 Å². The van der Waals surface area contributed by atoms with Gasteiger partial charge in [0.1, 0.15) is 0 Å². The minimum atomic E-state index is 0.783. The maximum absolute atomic E-state index is 5.95. The van der Waals surface area contributed by atoms with Crippen molar-refractivity contribution in [3.05, 3.63) is 40.7 Å². The smallest absolute Gasteiger partial charge is 0.0455 e. The number of halogens is 1. The fourth-order valence-electron chi connectivity index (χ4n) is 1.43. The maximum Gasteiger partial charge on any atom is 0.0455 e. The van der Waals surface area contributed by atoms with E-state index in [4.69, 9.17) is 11.6 Å². The van der Waals surface area contributed by atoms with Gasteiger partial charge in [0, 0.05) is 27.5 Å². The minimum Gasteiger partial charge on any atom is -0.385 e. The Bertz CT molecular complexity index is 450. The minimum absolute atomic E-state index is 0.783. The molecule has 2 aromatic rings. The zero-order chi connectivity index (χ0) is 10.7. The first-order valence-electron chi connectivity index (χ1n) is 4.88. The summed E-state index contributed by atoms with van der Waals surface area (Å²) in [7, 11) is 0. The quantitative estimate of drug-likeness (QED) is 0.829. The lowest BCUT2D eigenvalue weighted by Gasteiger charge is -1.98. The lowest BCUT2D eigenvalue weighted by Crippen LogP contribution is -1.93. The van der Waals surface area contributed by atoms with Crippen LogP contribution in [0.5, 0.6) is 0 Å². The van der Waals surface area contributed by atoms with Gasteiger partial charge in [-0.2, -0.15) is 0 Å². The van der Waals surface area contributed by atoms with Crippen LogP contribution in [0.3, 0.4) is 0 Å². The molecule has 0 bridgehead atoms. The third-order valence-corrected chi connectivity index (χ3v) is 3.30. The van der Waals surface area contributed by atoms with Crippen molar-refractivity contribution >= 4 is 28.6 Å². The largest absolute Gasteiger partial charge is 0.385 e. The number of hydrogen-bond acceptors (Lipinski definition) is 2. The highest BCUT2D eigenvalue weighted by Gasteiger charge is 2.02. The number of nitrogens with one attached hydrogen (secondary N) is 1. The summed E-state index contributed by atoms with van der Waals surface area (Å²) in [6.45, 7) is 3.04. The predicted octanol–water partition coefficient (Wildman–Crippen LogP) is 4.50. The first kappa shape index (κ1) is 10.5. The molecule has 0 saturated heterocycles. The zero-order valence-corrected chi connectivity index (χ0v) is 10.0. The summed E-state index contributed by atoms with van der Waals surface area (Å²) in [6, 6.07) is 10.1. The molecule has 1 N–H and O–H groups in total. The first-order valence-corrected chi connectivity index (χ1v) is 6.13. The monoisotopic (exact) mass is 237 g/mol. The lowest BCUT2D eigenvalue weighted by atomic mass is 10.2. The van der Waals surface area contributed by atoms with Crippen molar-refractivity contribution in [3.63, 3.8) is 0 Å². The molecule has 0 radical (unpaired) electrons. The van der Waals surface area contributed by atoms with E-state index in [0.29, 0.717) is 0 Å². The lowest BCUT2D eigenvalue weighted by molar-refractivity contribution is 1.22. The molecule has 2 rings (SSSR count). The second-order valence-electron chi connectivity index (χ2n) is 3.24. The SMILES string of the molecule is CCNc1csc(-c2cccc(Cl)c2)c1. The average molecular weight is 238 g/mol. The summed E-state index contributed by atoms with van der Waals surface area (Å²) in [4.78, 5) is 1.24. The van der Waals surface area contributed by atoms with E-state index >= 15 is 0 Å². The molecule has 0 atom stereocenters. The summed E-state index contributed by atoms with van der Waals surface area (Å²) in [5.41, 5.74) is 2.36. The van der Waals surface area contributed by atoms with Crippen LogP contribution in [0.15, 0.2) is 35.7 Å². The Morgan fingerprint density at radius 2 is 2.20 bits per heavy atom. The van der Waals surface area contributed by atoms with Crippen LogP contribution in [0.25, 0.3) is 10.4 Å². The molecule has 0 aliphatic rings. The fraction of sp³-hybridized carbons (Fsp3) is 0.167. The van der Waals surface area contributed by atoms with Gasteiger partial charge in [0.25, 0.3) is 0 Å². The van der Waals surface area contributed by atoms with Gasteiger partial charge in [0.15, 0.2) is 0 Å². The van der Waals surface area contributed by atoms with E-state index in [9.17, 15) is 0 Å². The molecule has 0 fully saturated rings. The molecule has 78 valence electrons. The van der Waals surface area contributed by atoms with Gasteiger partial charge in [-0.1, -0.05) is 23.7 Å². The highest BCUT2D eigenvalue weighted by Crippen LogP contribution is 2.30. The van der Waals surface area contributed by atoms with Crippen LogP contribution < -0.4 is 5.32 Å². The molecule has 0 unspecified atom stereocenters. The van der Waals surface area contributed by atoms with Crippen molar-refractivity contribution in [1.29, 1.82) is 0 Å². The summed E-state index contributed by atoms with van der Waals surface area (Å²) >= 11 is 7.68. The Balaban J connectivity index is 2.29. The van der Waals surface area contributed by atoms with Gasteiger partial charge in [-0.25, -0.2) is 0 Å². The molecule has 0 aliphatic heterocycles. The van der Waals surface area contributed by atoms with E-state index in [1.165, 1.54) is 16.1 Å². The standard InChI is InChI=1S/C12H12ClNS/c1-2-14-11-7-12(15-8-11)9-4-3-5-10(13)6-9/h3-8,14H,2H2,1H3. The van der Waals surface area contributed by atoms with Crippen molar-refractivity contribution < 1.29 is 0 Å². The van der Waals surface area contributed by atoms with E-state index in [1.54, 1.807) is 11.3 Å². The maximum atomic E-state index is 5.95. The van der Waals surface area contributed by atoms with Gasteiger partial charge in [0.2, 0.25) is 0 Å². The number of benzene rings is 1. The normalized spacial score (nSPS) is 10.3. The molecular weight excluding hydrogens is 226 g/mol. The number of thiophene rings is 1. The van der Waals surface area contributed by atoms with Crippen LogP contribution in [-0.2, 0) is 0 Å². The van der Waals surface area contributed by atoms with Crippen molar-refractivity contribution in [3.8, 4) is 10.4 Å². The third kappa shape index (κ3) is 2.52. The molecule has 1 aromatic heterocycles. The second-order valence-corrected chi connectivity index (χ2v) is 4.59. The van der Waals surface area contributed by atoms with Crippen LogP contribution >= 0.6 is 22.9 Å². The predicted molar refractivity (Wildman–Crippen MR) is 68.9 cm³/mol. The van der Waals surface area contributed by atoms with Crippen molar-refractivity contribution in [2.24, 2.45) is 0 Å². The number of anilines is 1. The Kier molecular flexibility index (Phi) is 3.29. The Labute approximate surface area is 98.7 Å². The van der Waals surface area contributed by atoms with Crippen molar-refractivity contribution in [1.82, 2.24) is 0 Å². The summed E-state index contributed by atoms with van der Waals surface area (Å²) in [6.07, 6.45) is 0. The van der Waals surface area contributed by atoms with Crippen LogP contribution in [0.4, 0.5) is 5.69 Å². The fourth-order valence-corrected chi connectivity index (χ4v) is 2.48. The molecular formula is C12H12ClNS. The third-order valence-electron chi connectivity index (χ3n) is 2.09. The Hall–Kier alpha value is -0.990. The van der Waals surface area contributed by atoms with Crippen LogP contribution in [0, 0.1) is 0 Å². The van der Waals surface area contributed by atoms with E-state index in [-0.39, 0.29) is 0 Å². The van der Waals surface area contributed by atoms with Gasteiger partial charge in [-0.05, 0) is 30.7 Å². The molecule has 0 aliphatic carbocycles. The highest BCUT2D eigenvalue weighted by atomic mass is 35.5. The van der Waals surface area contributed by atoms with E-state index in [2.05, 4.69) is 29.8 Å². The molecule has 1 heterocycles. The molecule has 0 spiro atoms. The molecule has 1 nitrogen and oxygen atoms in total. The van der Waals surface area contributed by atoms with Crippen LogP contribution in [0.1, 0.15) is 6.92 Å². The van der Waals surface area contributed by atoms with Crippen LogP contribution in [-0.4, -0.2) is 6.54 Å². The van der Waals surface area contributed by atoms with E-state index < -0.39 is 0 Å². The van der Waals surface area contributed by atoms with Crippen molar-refractivity contribution in [2.45, 2.75) is 6.92 Å². The molecule has 0 amide bonds. The number of rotatable bonds is 3. The van der Waals surface area contributed by atoms with E-state index in [0.717, 1.165) is 11.6 Å². The topological polar surface area (TPSA) is 12.0 Å². The first-order chi connectivity index (χ1) is 7.29. The van der Waals surface area contributed by atoms with Gasteiger partial charge in [-0.3, -0.25) is 0 Å². The summed E-state index contributed by atoms with van der Waals surface area (Å²) < 4.78 is 0. The zero-order valence-electron chi connectivity index (χ0n) is 8.46. The van der Waals surface area contributed by atoms with Crippen molar-refractivity contribution in [2.75, 3.05) is 11.9 Å². The summed E-state index contributed by atoms with van der Waals surface area (Å²) in [5.74, 6) is 0. The van der Waals surface area contributed by atoms with E-state index in [1.807, 2.05) is 18.2 Å². The summed E-state index contributed by atoms with van der Waals surface area (Å²) in [5, 5.41) is 6.20. The molecule has 0 saturated carbocycles. The van der Waals surface area contributed by atoms with Crippen LogP contribution in [0.2, 0.25) is 5.02 Å². The van der Waals surface area contributed by atoms with Gasteiger partial charge < -0.3 is 5.32 Å². The highest BCUT2D eigenvalue weighted by molar-refractivity contribution is 7.14. The molecule has 15 heavy (non-hydrogen) atoms. The second kappa shape index (κ2) is 4.69. The van der Waals surface area contributed by atoms with Gasteiger partial charge in [0.05, 0.1) is 0 Å². The van der Waals surface area contributed by atoms with Gasteiger partial charge >= 0.3 is 0 Å². The average Bonchev–Trinajstić information content (AvgIpc) is 2.67. The Morgan fingerprint density at radius 3 is 2.93 bits per heavy atom. The molecule has 1 aromatic carbocycles. The Morgan fingerprint density at radius 1 is 1.33 bits per heavy atom. The number of hydrogen-bond donors (Lipinski definition) is 1.